The van der Waals surface area contributed by atoms with E-state index in [1.54, 1.807) is 0 Å². The number of aliphatic hydroxyl groups is 1. The first kappa shape index (κ1) is 20.6. The molecule has 0 saturated carbocycles. The fourth-order valence-electron chi connectivity index (χ4n) is 1.24. The number of hydrogen-bond acceptors (Lipinski definition) is 6. The van der Waals surface area contributed by atoms with Gasteiger partial charge in [0.05, 0.1) is 11.7 Å². The summed E-state index contributed by atoms with van der Waals surface area (Å²) >= 11 is 4.47. The van der Waals surface area contributed by atoms with Gasteiger partial charge in [0, 0.05) is 18.6 Å². The molecule has 0 aromatic carbocycles. The minimum absolute atomic E-state index is 0.0667. The molecule has 124 valence electrons. The highest BCUT2D eigenvalue weighted by Crippen LogP contribution is 2.20. The molecular weight excluding hydrogens is 345 g/mol. The standard InChI is InChI=1S/C10H13N2OS.CHF3O3S/c13-8-10-4-1-2-6-12(10)7-3-5-11-9-14;2-1(3,4)8(5,6)7/h1-2,4,6,13H,3,5,7-8H2;(H,5,6,7)/q+1;/p-1. The quantitative estimate of drug-likeness (QED) is 0.212. The van der Waals surface area contributed by atoms with E-state index in [4.69, 9.17) is 18.1 Å². The molecule has 0 aliphatic carbocycles. The minimum Gasteiger partial charge on any atom is -0.741 e. The number of alkyl halides is 3. The maximum absolute atomic E-state index is 10.7. The second kappa shape index (κ2) is 9.59. The summed E-state index contributed by atoms with van der Waals surface area (Å²) < 4.78 is 60.9. The first-order chi connectivity index (χ1) is 10.1. The van der Waals surface area contributed by atoms with Crippen LogP contribution in [0.15, 0.2) is 29.4 Å². The first-order valence-electron chi connectivity index (χ1n) is 5.77. The normalized spacial score (nSPS) is 11.1. The Bertz CT molecular complexity index is 614. The lowest BCUT2D eigenvalue weighted by atomic mass is 10.3. The maximum Gasteiger partial charge on any atom is 0.485 e. The Labute approximate surface area is 130 Å². The van der Waals surface area contributed by atoms with Crippen LogP contribution in [0.25, 0.3) is 0 Å². The topological polar surface area (TPSA) is 93.7 Å². The Morgan fingerprint density at radius 3 is 2.45 bits per heavy atom. The van der Waals surface area contributed by atoms with Crippen molar-refractivity contribution in [3.63, 3.8) is 0 Å². The number of rotatable bonds is 5. The molecule has 1 N–H and O–H groups in total. The molecule has 0 bridgehead atoms. The molecule has 0 radical (unpaired) electrons. The van der Waals surface area contributed by atoms with Crippen molar-refractivity contribution in [1.82, 2.24) is 0 Å². The fourth-order valence-corrected chi connectivity index (χ4v) is 1.33. The lowest BCUT2D eigenvalue weighted by Crippen LogP contribution is -2.38. The van der Waals surface area contributed by atoms with Crippen LogP contribution in [-0.2, 0) is 23.3 Å². The summed E-state index contributed by atoms with van der Waals surface area (Å²) in [5, 5.41) is 11.4. The minimum atomic E-state index is -6.09. The number of isothiocyanates is 1. The third-order valence-corrected chi connectivity index (χ3v) is 2.91. The second-order valence-corrected chi connectivity index (χ2v) is 5.32. The van der Waals surface area contributed by atoms with Crippen LogP contribution in [0, 0.1) is 0 Å². The highest BCUT2D eigenvalue weighted by atomic mass is 32.2. The van der Waals surface area contributed by atoms with Gasteiger partial charge >= 0.3 is 5.51 Å². The van der Waals surface area contributed by atoms with Crippen molar-refractivity contribution in [2.24, 2.45) is 4.99 Å². The van der Waals surface area contributed by atoms with Crippen molar-refractivity contribution in [2.45, 2.75) is 25.1 Å². The van der Waals surface area contributed by atoms with E-state index in [-0.39, 0.29) is 6.61 Å². The molecule has 0 aliphatic heterocycles. The van der Waals surface area contributed by atoms with Crippen molar-refractivity contribution >= 4 is 27.5 Å². The largest absolute Gasteiger partial charge is 0.741 e. The summed E-state index contributed by atoms with van der Waals surface area (Å²) in [4.78, 5) is 3.83. The predicted molar refractivity (Wildman–Crippen MR) is 72.8 cm³/mol. The molecule has 0 unspecified atom stereocenters. The maximum atomic E-state index is 10.7. The zero-order valence-corrected chi connectivity index (χ0v) is 12.8. The molecule has 0 saturated heterocycles. The number of nitrogens with zero attached hydrogens (tertiary/aromatic N) is 2. The van der Waals surface area contributed by atoms with Gasteiger partial charge in [-0.25, -0.2) is 18.0 Å². The lowest BCUT2D eigenvalue weighted by molar-refractivity contribution is -0.706. The molecule has 0 fully saturated rings. The zero-order valence-electron chi connectivity index (χ0n) is 11.2. The van der Waals surface area contributed by atoms with Crippen LogP contribution < -0.4 is 4.57 Å². The highest BCUT2D eigenvalue weighted by Gasteiger charge is 2.36. The number of aromatic nitrogens is 1. The van der Waals surface area contributed by atoms with Gasteiger partial charge in [-0.2, -0.15) is 13.2 Å². The van der Waals surface area contributed by atoms with Crippen LogP contribution in [0.3, 0.4) is 0 Å². The van der Waals surface area contributed by atoms with Crippen LogP contribution >= 0.6 is 12.2 Å². The van der Waals surface area contributed by atoms with Gasteiger partial charge < -0.3 is 9.66 Å². The van der Waals surface area contributed by atoms with Crippen LogP contribution in [-0.4, -0.2) is 35.3 Å². The van der Waals surface area contributed by atoms with E-state index in [9.17, 15) is 13.2 Å². The van der Waals surface area contributed by atoms with E-state index < -0.39 is 15.6 Å². The number of aliphatic hydroxyl groups excluding tert-OH is 1. The van der Waals surface area contributed by atoms with Crippen molar-refractivity contribution in [2.75, 3.05) is 6.54 Å². The van der Waals surface area contributed by atoms with Gasteiger partial charge in [0.25, 0.3) is 0 Å². The second-order valence-electron chi connectivity index (χ2n) is 3.77. The first-order valence-corrected chi connectivity index (χ1v) is 7.59. The smallest absolute Gasteiger partial charge is 0.485 e. The van der Waals surface area contributed by atoms with E-state index in [1.165, 1.54) is 0 Å². The Morgan fingerprint density at radius 2 is 2.00 bits per heavy atom. The molecule has 1 rings (SSSR count). The van der Waals surface area contributed by atoms with Crippen molar-refractivity contribution in [3.05, 3.63) is 30.1 Å². The lowest BCUT2D eigenvalue weighted by Gasteiger charge is -2.08. The SMILES string of the molecule is O=S(=O)([O-])C(F)(F)F.OCc1cccc[n+]1CCCN=C=S. The van der Waals surface area contributed by atoms with Crippen LogP contribution in [0.2, 0.25) is 0 Å². The van der Waals surface area contributed by atoms with Gasteiger partial charge in [0.1, 0.15) is 6.61 Å². The van der Waals surface area contributed by atoms with Crippen molar-refractivity contribution in [1.29, 1.82) is 0 Å². The summed E-state index contributed by atoms with van der Waals surface area (Å²) in [6.07, 6.45) is 2.86. The fraction of sp³-hybridized carbons (Fsp3) is 0.455. The van der Waals surface area contributed by atoms with Gasteiger partial charge in [-0.1, -0.05) is 6.07 Å². The summed E-state index contributed by atoms with van der Waals surface area (Å²) in [6.45, 7) is 1.60. The molecule has 0 aliphatic rings. The van der Waals surface area contributed by atoms with E-state index in [1.807, 2.05) is 29.0 Å². The Kier molecular flexibility index (Phi) is 8.99. The zero-order chi connectivity index (χ0) is 17.2. The van der Waals surface area contributed by atoms with Gasteiger partial charge in [0.15, 0.2) is 22.9 Å². The van der Waals surface area contributed by atoms with Crippen molar-refractivity contribution in [3.8, 4) is 0 Å². The molecule has 1 heterocycles. The number of pyridine rings is 1. The van der Waals surface area contributed by atoms with Gasteiger partial charge in [-0.3, -0.25) is 0 Å². The number of halogens is 3. The number of hydrogen-bond donors (Lipinski definition) is 1. The summed E-state index contributed by atoms with van der Waals surface area (Å²) in [5.41, 5.74) is -4.73. The van der Waals surface area contributed by atoms with Gasteiger partial charge in [-0.05, 0) is 12.2 Å². The Morgan fingerprint density at radius 1 is 1.41 bits per heavy atom. The molecule has 11 heteroatoms. The Balaban J connectivity index is 0.000000472. The molecule has 1 aromatic rings. The summed E-state index contributed by atoms with van der Waals surface area (Å²) in [6, 6.07) is 5.77. The van der Waals surface area contributed by atoms with Crippen LogP contribution in [0.1, 0.15) is 12.1 Å². The van der Waals surface area contributed by atoms with Gasteiger partial charge in [-0.15, -0.1) is 0 Å². The molecule has 22 heavy (non-hydrogen) atoms. The molecule has 0 spiro atoms. The Hall–Kier alpha value is -1.39. The molecule has 6 nitrogen and oxygen atoms in total. The van der Waals surface area contributed by atoms with Crippen LogP contribution in [0.5, 0.6) is 0 Å². The number of aryl methyl sites for hydroxylation is 1. The summed E-state index contributed by atoms with van der Waals surface area (Å²) in [5.74, 6) is 0. The average Bonchev–Trinajstić information content (AvgIpc) is 2.42. The molecule has 1 aromatic heterocycles. The molecular formula is C11H13F3N2O4S2. The van der Waals surface area contributed by atoms with E-state index in [0.717, 1.165) is 18.7 Å². The monoisotopic (exact) mass is 358 g/mol. The van der Waals surface area contributed by atoms with E-state index >= 15 is 0 Å². The van der Waals surface area contributed by atoms with Gasteiger partial charge in [0.2, 0.25) is 5.69 Å². The van der Waals surface area contributed by atoms with Crippen molar-refractivity contribution < 1.29 is 35.8 Å². The third kappa shape index (κ3) is 8.15. The highest BCUT2D eigenvalue weighted by molar-refractivity contribution is 7.86. The predicted octanol–water partition coefficient (Wildman–Crippen LogP) is 1.01. The third-order valence-electron chi connectivity index (χ3n) is 2.21. The average molecular weight is 358 g/mol. The summed E-state index contributed by atoms with van der Waals surface area (Å²) in [7, 11) is -6.09. The molecule has 0 amide bonds. The molecule has 0 atom stereocenters. The van der Waals surface area contributed by atoms with E-state index in [0.29, 0.717) is 6.54 Å². The van der Waals surface area contributed by atoms with Crippen LogP contribution in [0.4, 0.5) is 13.2 Å². The van der Waals surface area contributed by atoms with E-state index in [2.05, 4.69) is 22.4 Å². The number of thiocarbonyl (C=S) groups is 1. The number of aliphatic imine (C=N–C) groups is 1.